The molecule has 0 aromatic carbocycles. The van der Waals surface area contributed by atoms with Crippen molar-refractivity contribution in [3.05, 3.63) is 18.2 Å². The van der Waals surface area contributed by atoms with E-state index in [-0.39, 0.29) is 18.2 Å². The smallest absolute Gasteiger partial charge is 0.326 e. The number of likely N-dealkylation sites (tertiary alicyclic amines) is 1. The van der Waals surface area contributed by atoms with E-state index in [0.717, 1.165) is 0 Å². The number of hydrogen-bond acceptors (Lipinski definition) is 6. The molecule has 4 atom stereocenters. The average molecular weight is 422 g/mol. The van der Waals surface area contributed by atoms with Crippen LogP contribution < -0.4 is 16.4 Å². The molecule has 4 unspecified atom stereocenters. The third-order valence-corrected chi connectivity index (χ3v) is 5.08. The van der Waals surface area contributed by atoms with Crippen LogP contribution in [0.15, 0.2) is 12.5 Å². The highest BCUT2D eigenvalue weighted by Gasteiger charge is 2.39. The molecule has 1 aliphatic heterocycles. The Bertz CT molecular complexity index is 763. The summed E-state index contributed by atoms with van der Waals surface area (Å²) in [5.74, 6) is -2.76. The highest BCUT2D eigenvalue weighted by Crippen LogP contribution is 2.21. The standard InChI is InChI=1S/C19H30N6O5/c1-10(2)15(24-16(26)11(3)20)18(28)25-6-4-5-14(25)17(27)23-13(19(29)30)7-12-8-21-9-22-12/h8-11,13-15H,4-7,20H2,1-3H3,(H,21,22)(H,23,27)(H,24,26)(H,29,30). The zero-order valence-corrected chi connectivity index (χ0v) is 17.4. The Morgan fingerprint density at radius 1 is 1.30 bits per heavy atom. The molecule has 0 bridgehead atoms. The Kier molecular flexibility index (Phi) is 7.93. The Balaban J connectivity index is 2.10. The van der Waals surface area contributed by atoms with Crippen molar-refractivity contribution in [1.29, 1.82) is 0 Å². The zero-order chi connectivity index (χ0) is 22.4. The molecule has 30 heavy (non-hydrogen) atoms. The quantitative estimate of drug-likeness (QED) is 0.340. The summed E-state index contributed by atoms with van der Waals surface area (Å²) in [6.07, 6.45) is 3.98. The van der Waals surface area contributed by atoms with E-state index < -0.39 is 42.0 Å². The van der Waals surface area contributed by atoms with Gasteiger partial charge in [0.05, 0.1) is 12.4 Å². The molecule has 1 aromatic rings. The van der Waals surface area contributed by atoms with Crippen molar-refractivity contribution in [2.75, 3.05) is 6.54 Å². The summed E-state index contributed by atoms with van der Waals surface area (Å²) in [5, 5.41) is 14.6. The molecule has 0 radical (unpaired) electrons. The number of hydrogen-bond donors (Lipinski definition) is 5. The van der Waals surface area contributed by atoms with Gasteiger partial charge in [0, 0.05) is 24.9 Å². The van der Waals surface area contributed by atoms with Crippen LogP contribution >= 0.6 is 0 Å². The molecule has 11 heteroatoms. The lowest BCUT2D eigenvalue weighted by molar-refractivity contribution is -0.145. The molecule has 166 valence electrons. The lowest BCUT2D eigenvalue weighted by Crippen LogP contribution is -2.58. The molecule has 2 rings (SSSR count). The minimum absolute atomic E-state index is 0.0425. The number of carbonyl (C=O) groups excluding carboxylic acids is 3. The summed E-state index contributed by atoms with van der Waals surface area (Å²) >= 11 is 0. The topological polar surface area (TPSA) is 171 Å². The predicted molar refractivity (Wildman–Crippen MR) is 107 cm³/mol. The minimum Gasteiger partial charge on any atom is -0.480 e. The van der Waals surface area contributed by atoms with E-state index in [1.165, 1.54) is 24.3 Å². The molecule has 1 aliphatic rings. The van der Waals surface area contributed by atoms with E-state index in [0.29, 0.717) is 25.1 Å². The van der Waals surface area contributed by atoms with Crippen LogP contribution in [0.1, 0.15) is 39.3 Å². The number of aromatic nitrogens is 2. The van der Waals surface area contributed by atoms with Crippen molar-refractivity contribution in [3.8, 4) is 0 Å². The summed E-state index contributed by atoms with van der Waals surface area (Å²) in [7, 11) is 0. The average Bonchev–Trinajstić information content (AvgIpc) is 3.35. The van der Waals surface area contributed by atoms with Gasteiger partial charge in [-0.1, -0.05) is 13.8 Å². The van der Waals surface area contributed by atoms with Gasteiger partial charge < -0.3 is 31.4 Å². The number of nitrogens with one attached hydrogen (secondary N) is 3. The Labute approximate surface area is 174 Å². The molecule has 1 aromatic heterocycles. The van der Waals surface area contributed by atoms with E-state index >= 15 is 0 Å². The van der Waals surface area contributed by atoms with Gasteiger partial charge in [0.1, 0.15) is 18.1 Å². The van der Waals surface area contributed by atoms with E-state index in [1.807, 2.05) is 0 Å². The second kappa shape index (κ2) is 10.2. The fraction of sp³-hybridized carbons (Fsp3) is 0.632. The minimum atomic E-state index is -1.18. The van der Waals surface area contributed by atoms with Crippen LogP contribution in [0.2, 0.25) is 0 Å². The van der Waals surface area contributed by atoms with Crippen LogP contribution in [-0.2, 0) is 25.6 Å². The van der Waals surface area contributed by atoms with Gasteiger partial charge in [0.15, 0.2) is 0 Å². The van der Waals surface area contributed by atoms with Crippen LogP contribution in [0.4, 0.5) is 0 Å². The van der Waals surface area contributed by atoms with Gasteiger partial charge in [-0.25, -0.2) is 9.78 Å². The summed E-state index contributed by atoms with van der Waals surface area (Å²) in [5.41, 5.74) is 6.16. The number of nitrogens with zero attached hydrogens (tertiary/aromatic N) is 2. The molecule has 6 N–H and O–H groups in total. The van der Waals surface area contributed by atoms with E-state index in [4.69, 9.17) is 5.73 Å². The van der Waals surface area contributed by atoms with Crippen molar-refractivity contribution in [2.24, 2.45) is 11.7 Å². The lowest BCUT2D eigenvalue weighted by Gasteiger charge is -2.31. The maximum Gasteiger partial charge on any atom is 0.326 e. The number of amides is 3. The third-order valence-electron chi connectivity index (χ3n) is 5.08. The predicted octanol–water partition coefficient (Wildman–Crippen LogP) is -0.999. The summed E-state index contributed by atoms with van der Waals surface area (Å²) in [4.78, 5) is 57.6. The first-order chi connectivity index (χ1) is 14.1. The first-order valence-corrected chi connectivity index (χ1v) is 9.98. The maximum absolute atomic E-state index is 13.1. The summed E-state index contributed by atoms with van der Waals surface area (Å²) < 4.78 is 0. The SMILES string of the molecule is CC(N)C(=O)NC(C(=O)N1CCCC1C(=O)NC(Cc1cnc[nH]1)C(=O)O)C(C)C. The Morgan fingerprint density at radius 2 is 2.00 bits per heavy atom. The number of carboxylic acid groups (broad SMARTS) is 1. The first kappa shape index (κ1) is 23.3. The van der Waals surface area contributed by atoms with Gasteiger partial charge in [0.2, 0.25) is 17.7 Å². The van der Waals surface area contributed by atoms with E-state index in [9.17, 15) is 24.3 Å². The van der Waals surface area contributed by atoms with Crippen LogP contribution in [0, 0.1) is 5.92 Å². The number of H-pyrrole nitrogens is 1. The second-order valence-electron chi connectivity index (χ2n) is 7.89. The van der Waals surface area contributed by atoms with Crippen LogP contribution in [0.3, 0.4) is 0 Å². The Hall–Kier alpha value is -2.95. The first-order valence-electron chi connectivity index (χ1n) is 9.98. The maximum atomic E-state index is 13.1. The Morgan fingerprint density at radius 3 is 2.53 bits per heavy atom. The van der Waals surface area contributed by atoms with Gasteiger partial charge in [-0.3, -0.25) is 14.4 Å². The summed E-state index contributed by atoms with van der Waals surface area (Å²) in [6, 6.07) is -3.54. The van der Waals surface area contributed by atoms with E-state index in [2.05, 4.69) is 20.6 Å². The molecular weight excluding hydrogens is 392 g/mol. The molecule has 3 amide bonds. The molecule has 2 heterocycles. The number of imidazole rings is 1. The van der Waals surface area contributed by atoms with Crippen molar-refractivity contribution < 1.29 is 24.3 Å². The van der Waals surface area contributed by atoms with Gasteiger partial charge >= 0.3 is 5.97 Å². The summed E-state index contributed by atoms with van der Waals surface area (Å²) in [6.45, 7) is 5.46. The fourth-order valence-electron chi connectivity index (χ4n) is 3.36. The number of aromatic amines is 1. The van der Waals surface area contributed by atoms with Crippen molar-refractivity contribution in [2.45, 2.75) is 64.2 Å². The van der Waals surface area contributed by atoms with E-state index in [1.54, 1.807) is 13.8 Å². The monoisotopic (exact) mass is 422 g/mol. The molecule has 11 nitrogen and oxygen atoms in total. The molecular formula is C19H30N6O5. The number of rotatable bonds is 9. The largest absolute Gasteiger partial charge is 0.480 e. The highest BCUT2D eigenvalue weighted by atomic mass is 16.4. The number of carbonyl (C=O) groups is 4. The highest BCUT2D eigenvalue weighted by molar-refractivity contribution is 5.94. The lowest BCUT2D eigenvalue weighted by atomic mass is 10.0. The molecule has 1 fully saturated rings. The molecule has 0 saturated carbocycles. The van der Waals surface area contributed by atoms with Gasteiger partial charge in [-0.15, -0.1) is 0 Å². The van der Waals surface area contributed by atoms with Crippen molar-refractivity contribution in [1.82, 2.24) is 25.5 Å². The van der Waals surface area contributed by atoms with Crippen molar-refractivity contribution >= 4 is 23.7 Å². The molecule has 0 aliphatic carbocycles. The molecule has 0 spiro atoms. The third kappa shape index (κ3) is 5.78. The van der Waals surface area contributed by atoms with Crippen LogP contribution in [-0.4, -0.2) is 74.4 Å². The second-order valence-corrected chi connectivity index (χ2v) is 7.89. The fourth-order valence-corrected chi connectivity index (χ4v) is 3.36. The number of aliphatic carboxylic acids is 1. The number of carboxylic acids is 1. The zero-order valence-electron chi connectivity index (χ0n) is 17.4. The van der Waals surface area contributed by atoms with Crippen LogP contribution in [0.5, 0.6) is 0 Å². The molecule has 1 saturated heterocycles. The normalized spacial score (nSPS) is 19.2. The van der Waals surface area contributed by atoms with Gasteiger partial charge in [-0.2, -0.15) is 0 Å². The van der Waals surface area contributed by atoms with Gasteiger partial charge in [0.25, 0.3) is 0 Å². The van der Waals surface area contributed by atoms with Crippen LogP contribution in [0.25, 0.3) is 0 Å². The number of nitrogens with two attached hydrogens (primary N) is 1. The van der Waals surface area contributed by atoms with Gasteiger partial charge in [-0.05, 0) is 25.7 Å². The van der Waals surface area contributed by atoms with Crippen molar-refractivity contribution in [3.63, 3.8) is 0 Å².